The summed E-state index contributed by atoms with van der Waals surface area (Å²) in [6.45, 7) is 3.14. The first-order valence-electron chi connectivity index (χ1n) is 5.75. The molecule has 2 aliphatic heterocycles. The number of carboxylic acid groups (broad SMARTS) is 1. The summed E-state index contributed by atoms with van der Waals surface area (Å²) in [5.74, 6) is 1.16. The van der Waals surface area contributed by atoms with Gasteiger partial charge in [0.05, 0.1) is 0 Å². The SMILES string of the molecule is CC1CCCCN1C1(C(=O)O)CCSC1. The van der Waals surface area contributed by atoms with Crippen LogP contribution < -0.4 is 0 Å². The smallest absolute Gasteiger partial charge is 0.325 e. The van der Waals surface area contributed by atoms with Gasteiger partial charge in [-0.1, -0.05) is 6.42 Å². The predicted molar refractivity (Wildman–Crippen MR) is 62.3 cm³/mol. The van der Waals surface area contributed by atoms with Gasteiger partial charge in [-0.3, -0.25) is 9.69 Å². The molecule has 0 amide bonds. The number of aliphatic carboxylic acids is 1. The van der Waals surface area contributed by atoms with Gasteiger partial charge in [0.2, 0.25) is 0 Å². The van der Waals surface area contributed by atoms with E-state index in [2.05, 4.69) is 11.8 Å². The lowest BCUT2D eigenvalue weighted by Crippen LogP contribution is -2.59. The molecule has 2 fully saturated rings. The van der Waals surface area contributed by atoms with Gasteiger partial charge in [-0.2, -0.15) is 11.8 Å². The van der Waals surface area contributed by atoms with E-state index in [9.17, 15) is 9.90 Å². The Labute approximate surface area is 95.2 Å². The number of likely N-dealkylation sites (tertiary alicyclic amines) is 1. The maximum Gasteiger partial charge on any atom is 0.325 e. The van der Waals surface area contributed by atoms with E-state index in [1.807, 2.05) is 0 Å². The van der Waals surface area contributed by atoms with Crippen molar-refractivity contribution in [2.24, 2.45) is 0 Å². The lowest BCUT2D eigenvalue weighted by molar-refractivity contribution is -0.152. The van der Waals surface area contributed by atoms with Gasteiger partial charge in [0.15, 0.2) is 0 Å². The van der Waals surface area contributed by atoms with Crippen LogP contribution in [0.2, 0.25) is 0 Å². The number of nitrogens with zero attached hydrogens (tertiary/aromatic N) is 1. The molecule has 4 heteroatoms. The lowest BCUT2D eigenvalue weighted by Gasteiger charge is -2.44. The minimum absolute atomic E-state index is 0.438. The van der Waals surface area contributed by atoms with Crippen LogP contribution in [0.1, 0.15) is 32.6 Å². The summed E-state index contributed by atoms with van der Waals surface area (Å²) in [4.78, 5) is 13.8. The quantitative estimate of drug-likeness (QED) is 0.784. The molecule has 0 aromatic heterocycles. The van der Waals surface area contributed by atoms with E-state index in [1.165, 1.54) is 6.42 Å². The molecule has 0 bridgehead atoms. The second kappa shape index (κ2) is 4.34. The zero-order chi connectivity index (χ0) is 10.9. The van der Waals surface area contributed by atoms with Crippen LogP contribution in [0.5, 0.6) is 0 Å². The maximum atomic E-state index is 11.5. The highest BCUT2D eigenvalue weighted by molar-refractivity contribution is 7.99. The molecule has 2 saturated heterocycles. The first-order valence-corrected chi connectivity index (χ1v) is 6.90. The van der Waals surface area contributed by atoms with Crippen molar-refractivity contribution < 1.29 is 9.90 Å². The van der Waals surface area contributed by atoms with Crippen molar-refractivity contribution in [3.63, 3.8) is 0 Å². The van der Waals surface area contributed by atoms with Crippen LogP contribution in [0.4, 0.5) is 0 Å². The van der Waals surface area contributed by atoms with Crippen LogP contribution in [0.15, 0.2) is 0 Å². The number of carboxylic acids is 1. The Morgan fingerprint density at radius 1 is 1.53 bits per heavy atom. The normalized spacial score (nSPS) is 38.1. The molecule has 0 radical (unpaired) electrons. The number of carbonyl (C=O) groups is 1. The number of rotatable bonds is 2. The van der Waals surface area contributed by atoms with Gasteiger partial charge in [0, 0.05) is 11.8 Å². The molecule has 2 rings (SSSR count). The highest BCUT2D eigenvalue weighted by atomic mass is 32.2. The predicted octanol–water partition coefficient (Wildman–Crippen LogP) is 1.82. The standard InChI is InChI=1S/C11H19NO2S/c1-9-4-2-3-6-12(9)11(10(13)14)5-7-15-8-11/h9H,2-8H2,1H3,(H,13,14). The Hall–Kier alpha value is -0.220. The van der Waals surface area contributed by atoms with E-state index in [4.69, 9.17) is 0 Å². The molecule has 86 valence electrons. The van der Waals surface area contributed by atoms with Gasteiger partial charge in [0.1, 0.15) is 5.54 Å². The van der Waals surface area contributed by atoms with Crippen LogP contribution in [0, 0.1) is 0 Å². The Morgan fingerprint density at radius 3 is 2.87 bits per heavy atom. The average molecular weight is 229 g/mol. The van der Waals surface area contributed by atoms with Crippen LogP contribution in [-0.2, 0) is 4.79 Å². The molecule has 0 spiro atoms. The third-order valence-electron chi connectivity index (χ3n) is 3.75. The van der Waals surface area contributed by atoms with Crippen molar-refractivity contribution in [3.05, 3.63) is 0 Å². The number of thioether (sulfide) groups is 1. The Bertz CT molecular complexity index is 251. The molecule has 2 aliphatic rings. The first kappa shape index (κ1) is 11.3. The van der Waals surface area contributed by atoms with Gasteiger partial charge in [-0.05, 0) is 38.5 Å². The Morgan fingerprint density at radius 2 is 2.33 bits per heavy atom. The molecule has 2 unspecified atom stereocenters. The molecule has 0 aliphatic carbocycles. The van der Waals surface area contributed by atoms with Crippen LogP contribution in [0.25, 0.3) is 0 Å². The third-order valence-corrected chi connectivity index (χ3v) is 4.93. The molecule has 2 atom stereocenters. The monoisotopic (exact) mass is 229 g/mol. The first-order chi connectivity index (χ1) is 7.17. The maximum absolute atomic E-state index is 11.5. The molecule has 0 saturated carbocycles. The minimum Gasteiger partial charge on any atom is -0.480 e. The second-order valence-corrected chi connectivity index (χ2v) is 5.78. The molecule has 15 heavy (non-hydrogen) atoms. The van der Waals surface area contributed by atoms with Gasteiger partial charge in [-0.15, -0.1) is 0 Å². The van der Waals surface area contributed by atoms with Crippen molar-refractivity contribution in [1.29, 1.82) is 0 Å². The fourth-order valence-electron chi connectivity index (χ4n) is 2.81. The summed E-state index contributed by atoms with van der Waals surface area (Å²) in [5, 5.41) is 9.48. The van der Waals surface area contributed by atoms with Crippen molar-refractivity contribution in [2.45, 2.75) is 44.2 Å². The molecular weight excluding hydrogens is 210 g/mol. The van der Waals surface area contributed by atoms with E-state index in [0.717, 1.165) is 37.3 Å². The molecule has 2 heterocycles. The Kier molecular flexibility index (Phi) is 3.26. The number of hydrogen-bond donors (Lipinski definition) is 1. The van der Waals surface area contributed by atoms with Gasteiger partial charge >= 0.3 is 5.97 Å². The summed E-state index contributed by atoms with van der Waals surface area (Å²) < 4.78 is 0. The summed E-state index contributed by atoms with van der Waals surface area (Å²) in [6, 6.07) is 0.438. The molecule has 0 aromatic rings. The molecule has 3 nitrogen and oxygen atoms in total. The third kappa shape index (κ3) is 1.89. The highest BCUT2D eigenvalue weighted by Crippen LogP contribution is 2.37. The second-order valence-electron chi connectivity index (χ2n) is 4.68. The molecule has 0 aromatic carbocycles. The summed E-state index contributed by atoms with van der Waals surface area (Å²) in [5.41, 5.74) is -0.551. The largest absolute Gasteiger partial charge is 0.480 e. The van der Waals surface area contributed by atoms with Gasteiger partial charge in [0.25, 0.3) is 0 Å². The van der Waals surface area contributed by atoms with E-state index in [0.29, 0.717) is 6.04 Å². The molecule has 1 N–H and O–H groups in total. The topological polar surface area (TPSA) is 40.5 Å². The minimum atomic E-state index is -0.610. The van der Waals surface area contributed by atoms with E-state index in [1.54, 1.807) is 11.8 Å². The van der Waals surface area contributed by atoms with E-state index < -0.39 is 11.5 Å². The van der Waals surface area contributed by atoms with E-state index >= 15 is 0 Å². The van der Waals surface area contributed by atoms with Crippen LogP contribution >= 0.6 is 11.8 Å². The zero-order valence-electron chi connectivity index (χ0n) is 9.24. The summed E-state index contributed by atoms with van der Waals surface area (Å²) in [7, 11) is 0. The van der Waals surface area contributed by atoms with E-state index in [-0.39, 0.29) is 0 Å². The fourth-order valence-corrected chi connectivity index (χ4v) is 4.20. The van der Waals surface area contributed by atoms with Gasteiger partial charge in [-0.25, -0.2) is 0 Å². The van der Waals surface area contributed by atoms with Crippen LogP contribution in [0.3, 0.4) is 0 Å². The lowest BCUT2D eigenvalue weighted by atomic mass is 9.90. The number of hydrogen-bond acceptors (Lipinski definition) is 3. The average Bonchev–Trinajstić information content (AvgIpc) is 2.68. The highest BCUT2D eigenvalue weighted by Gasteiger charge is 2.48. The zero-order valence-corrected chi connectivity index (χ0v) is 10.1. The van der Waals surface area contributed by atoms with Crippen molar-refractivity contribution in [2.75, 3.05) is 18.1 Å². The van der Waals surface area contributed by atoms with Crippen molar-refractivity contribution in [1.82, 2.24) is 4.90 Å². The van der Waals surface area contributed by atoms with Crippen molar-refractivity contribution >= 4 is 17.7 Å². The molecular formula is C11H19NO2S. The summed E-state index contributed by atoms with van der Waals surface area (Å²) >= 11 is 1.78. The van der Waals surface area contributed by atoms with Gasteiger partial charge < -0.3 is 5.11 Å². The summed E-state index contributed by atoms with van der Waals surface area (Å²) in [6.07, 6.45) is 4.38. The van der Waals surface area contributed by atoms with Crippen LogP contribution in [-0.4, -0.2) is 45.6 Å². The number of piperidine rings is 1. The Balaban J connectivity index is 2.19. The fraction of sp³-hybridized carbons (Fsp3) is 0.909. The van der Waals surface area contributed by atoms with Crippen molar-refractivity contribution in [3.8, 4) is 0 Å².